The molecule has 4 heteroatoms. The van der Waals surface area contributed by atoms with Crippen LogP contribution in [0.2, 0.25) is 0 Å². The van der Waals surface area contributed by atoms with Gasteiger partial charge in [-0.2, -0.15) is 5.10 Å². The highest BCUT2D eigenvalue weighted by Crippen LogP contribution is 2.18. The highest BCUT2D eigenvalue weighted by atomic mass is 19.1. The van der Waals surface area contributed by atoms with E-state index in [4.69, 9.17) is 0 Å². The Morgan fingerprint density at radius 3 is 2.83 bits per heavy atom. The predicted molar refractivity (Wildman–Crippen MR) is 69.7 cm³/mol. The maximum absolute atomic E-state index is 13.8. The first-order valence-electron chi connectivity index (χ1n) is 6.26. The fourth-order valence-electron chi connectivity index (χ4n) is 1.94. The Kier molecular flexibility index (Phi) is 4.47. The lowest BCUT2D eigenvalue weighted by molar-refractivity contribution is 0.423. The van der Waals surface area contributed by atoms with E-state index < -0.39 is 0 Å². The van der Waals surface area contributed by atoms with Crippen LogP contribution < -0.4 is 5.32 Å². The minimum atomic E-state index is -0.168. The first kappa shape index (κ1) is 12.8. The molecule has 0 saturated heterocycles. The maximum Gasteiger partial charge on any atom is 0.128 e. The van der Waals surface area contributed by atoms with Crippen molar-refractivity contribution in [1.29, 1.82) is 0 Å². The van der Waals surface area contributed by atoms with E-state index in [1.807, 2.05) is 29.1 Å². The van der Waals surface area contributed by atoms with Gasteiger partial charge >= 0.3 is 0 Å². The lowest BCUT2D eigenvalue weighted by atomic mass is 10.1. The molecule has 0 spiro atoms. The lowest BCUT2D eigenvalue weighted by Crippen LogP contribution is -2.27. The van der Waals surface area contributed by atoms with Crippen LogP contribution in [-0.4, -0.2) is 16.3 Å². The van der Waals surface area contributed by atoms with Crippen LogP contribution >= 0.6 is 0 Å². The minimum Gasteiger partial charge on any atom is -0.308 e. The molecule has 0 aliphatic heterocycles. The van der Waals surface area contributed by atoms with Gasteiger partial charge < -0.3 is 5.32 Å². The van der Waals surface area contributed by atoms with Crippen LogP contribution in [0.25, 0.3) is 0 Å². The Morgan fingerprint density at radius 1 is 1.33 bits per heavy atom. The van der Waals surface area contributed by atoms with Gasteiger partial charge in [-0.25, -0.2) is 4.39 Å². The Balaban J connectivity index is 2.16. The molecule has 0 fully saturated rings. The number of hydrogen-bond acceptors (Lipinski definition) is 2. The van der Waals surface area contributed by atoms with Crippen molar-refractivity contribution in [2.24, 2.45) is 0 Å². The van der Waals surface area contributed by atoms with Crippen LogP contribution in [0.3, 0.4) is 0 Å². The Labute approximate surface area is 107 Å². The van der Waals surface area contributed by atoms with Gasteiger partial charge in [0.15, 0.2) is 0 Å². The lowest BCUT2D eigenvalue weighted by Gasteiger charge is -2.19. The Hall–Kier alpha value is -1.68. The zero-order valence-electron chi connectivity index (χ0n) is 10.5. The summed E-state index contributed by atoms with van der Waals surface area (Å²) in [5, 5.41) is 7.54. The van der Waals surface area contributed by atoms with Gasteiger partial charge in [0.05, 0.1) is 12.6 Å². The summed E-state index contributed by atoms with van der Waals surface area (Å²) < 4.78 is 15.6. The number of rotatable bonds is 6. The summed E-state index contributed by atoms with van der Waals surface area (Å²) >= 11 is 0. The molecule has 1 unspecified atom stereocenters. The highest BCUT2D eigenvalue weighted by molar-refractivity contribution is 5.21. The second kappa shape index (κ2) is 6.31. The first-order chi connectivity index (χ1) is 8.81. The molecule has 0 bridgehead atoms. The molecule has 1 aromatic heterocycles. The van der Waals surface area contributed by atoms with Crippen LogP contribution in [0.1, 0.15) is 24.9 Å². The van der Waals surface area contributed by atoms with Crippen molar-refractivity contribution in [3.63, 3.8) is 0 Å². The molecule has 1 aromatic carbocycles. The van der Waals surface area contributed by atoms with E-state index in [1.54, 1.807) is 12.3 Å². The molecule has 0 amide bonds. The van der Waals surface area contributed by atoms with Crippen molar-refractivity contribution in [1.82, 2.24) is 15.1 Å². The number of halogens is 1. The Bertz CT molecular complexity index is 468. The average Bonchev–Trinajstić information content (AvgIpc) is 2.88. The summed E-state index contributed by atoms with van der Waals surface area (Å²) in [6.45, 7) is 3.59. The molecule has 1 N–H and O–H groups in total. The van der Waals surface area contributed by atoms with E-state index in [9.17, 15) is 4.39 Å². The van der Waals surface area contributed by atoms with Gasteiger partial charge in [-0.15, -0.1) is 0 Å². The molecule has 2 aromatic rings. The number of aromatic nitrogens is 2. The minimum absolute atomic E-state index is 0.0500. The summed E-state index contributed by atoms with van der Waals surface area (Å²) in [6.07, 6.45) is 4.64. The highest BCUT2D eigenvalue weighted by Gasteiger charge is 2.15. The third-order valence-corrected chi connectivity index (χ3v) is 2.85. The van der Waals surface area contributed by atoms with Gasteiger partial charge in [0.2, 0.25) is 0 Å². The molecule has 0 saturated carbocycles. The van der Waals surface area contributed by atoms with E-state index in [-0.39, 0.29) is 11.9 Å². The molecular formula is C14H18FN3. The predicted octanol–water partition coefficient (Wildman–Crippen LogP) is 2.76. The smallest absolute Gasteiger partial charge is 0.128 e. The number of benzene rings is 1. The van der Waals surface area contributed by atoms with Crippen molar-refractivity contribution in [2.75, 3.05) is 6.54 Å². The molecule has 1 atom stereocenters. The summed E-state index contributed by atoms with van der Waals surface area (Å²) in [4.78, 5) is 0. The zero-order valence-corrected chi connectivity index (χ0v) is 10.5. The van der Waals surface area contributed by atoms with Crippen LogP contribution in [0, 0.1) is 5.82 Å². The second-order valence-corrected chi connectivity index (χ2v) is 4.26. The quantitative estimate of drug-likeness (QED) is 0.850. The van der Waals surface area contributed by atoms with Crippen molar-refractivity contribution in [3.8, 4) is 0 Å². The van der Waals surface area contributed by atoms with Gasteiger partial charge in [0.1, 0.15) is 5.82 Å². The van der Waals surface area contributed by atoms with Crippen LogP contribution in [0.4, 0.5) is 4.39 Å². The SMILES string of the molecule is CCCNC(Cn1cccn1)c1ccccc1F. The molecule has 3 nitrogen and oxygen atoms in total. The van der Waals surface area contributed by atoms with E-state index in [0.717, 1.165) is 13.0 Å². The van der Waals surface area contributed by atoms with E-state index >= 15 is 0 Å². The van der Waals surface area contributed by atoms with Crippen LogP contribution in [-0.2, 0) is 6.54 Å². The summed E-state index contributed by atoms with van der Waals surface area (Å²) in [6, 6.07) is 8.72. The topological polar surface area (TPSA) is 29.9 Å². The van der Waals surface area contributed by atoms with Crippen molar-refractivity contribution in [2.45, 2.75) is 25.9 Å². The largest absolute Gasteiger partial charge is 0.308 e. The van der Waals surface area contributed by atoms with Gasteiger partial charge in [0, 0.05) is 18.0 Å². The second-order valence-electron chi connectivity index (χ2n) is 4.26. The normalized spacial score (nSPS) is 12.6. The van der Waals surface area contributed by atoms with Crippen molar-refractivity contribution >= 4 is 0 Å². The van der Waals surface area contributed by atoms with E-state index in [2.05, 4.69) is 17.3 Å². The maximum atomic E-state index is 13.8. The molecule has 1 heterocycles. The van der Waals surface area contributed by atoms with Crippen molar-refractivity contribution < 1.29 is 4.39 Å². The van der Waals surface area contributed by atoms with Crippen molar-refractivity contribution in [3.05, 3.63) is 54.1 Å². The molecule has 0 aliphatic carbocycles. The molecule has 2 rings (SSSR count). The third-order valence-electron chi connectivity index (χ3n) is 2.85. The summed E-state index contributed by atoms with van der Waals surface area (Å²) in [5.74, 6) is -0.168. The molecule has 96 valence electrons. The summed E-state index contributed by atoms with van der Waals surface area (Å²) in [7, 11) is 0. The van der Waals surface area contributed by atoms with Gasteiger partial charge in [0.25, 0.3) is 0 Å². The fourth-order valence-corrected chi connectivity index (χ4v) is 1.94. The van der Waals surface area contributed by atoms with Gasteiger partial charge in [-0.1, -0.05) is 25.1 Å². The van der Waals surface area contributed by atoms with Gasteiger partial charge in [-0.3, -0.25) is 4.68 Å². The van der Waals surface area contributed by atoms with Gasteiger partial charge in [-0.05, 0) is 25.1 Å². The summed E-state index contributed by atoms with van der Waals surface area (Å²) in [5.41, 5.74) is 0.696. The monoisotopic (exact) mass is 247 g/mol. The van der Waals surface area contributed by atoms with Crippen LogP contribution in [0.5, 0.6) is 0 Å². The zero-order chi connectivity index (χ0) is 12.8. The van der Waals surface area contributed by atoms with E-state index in [0.29, 0.717) is 12.1 Å². The Morgan fingerprint density at radius 2 is 2.17 bits per heavy atom. The fraction of sp³-hybridized carbons (Fsp3) is 0.357. The number of hydrogen-bond donors (Lipinski definition) is 1. The molecule has 0 radical (unpaired) electrons. The standard InChI is InChI=1S/C14H18FN3/c1-2-8-16-14(11-18-10-5-9-17-18)12-6-3-4-7-13(12)15/h3-7,9-10,14,16H,2,8,11H2,1H3. The third kappa shape index (κ3) is 3.17. The van der Waals surface area contributed by atoms with E-state index in [1.165, 1.54) is 6.07 Å². The molecule has 18 heavy (non-hydrogen) atoms. The molecule has 0 aliphatic rings. The number of nitrogens with zero attached hydrogens (tertiary/aromatic N) is 2. The first-order valence-corrected chi connectivity index (χ1v) is 6.26. The number of nitrogens with one attached hydrogen (secondary N) is 1. The van der Waals surface area contributed by atoms with Crippen LogP contribution in [0.15, 0.2) is 42.7 Å². The average molecular weight is 247 g/mol. The molecular weight excluding hydrogens is 229 g/mol.